The molecule has 12 heavy (non-hydrogen) atoms. The van der Waals surface area contributed by atoms with Crippen molar-refractivity contribution in [2.45, 2.75) is 52.6 Å². The van der Waals surface area contributed by atoms with E-state index in [-0.39, 0.29) is 0 Å². The topological polar surface area (TPSA) is 9.23 Å². The summed E-state index contributed by atoms with van der Waals surface area (Å²) < 4.78 is 5.62. The Morgan fingerprint density at radius 1 is 1.25 bits per heavy atom. The lowest BCUT2D eigenvalue weighted by atomic mass is 10.0. The molecule has 1 heteroatoms. The largest absolute Gasteiger partial charge is 0.379 e. The van der Waals surface area contributed by atoms with E-state index in [9.17, 15) is 0 Å². The van der Waals surface area contributed by atoms with Gasteiger partial charge in [-0.1, -0.05) is 19.8 Å². The van der Waals surface area contributed by atoms with Crippen LogP contribution >= 0.6 is 0 Å². The SMILES string of the molecule is CCC1CCC(COC(C)C)C1. The zero-order chi connectivity index (χ0) is 8.97. The fraction of sp³-hybridized carbons (Fsp3) is 1.00. The molecule has 2 unspecified atom stereocenters. The summed E-state index contributed by atoms with van der Waals surface area (Å²) in [5.41, 5.74) is 0. The minimum Gasteiger partial charge on any atom is -0.379 e. The Labute approximate surface area is 76.5 Å². The molecular weight excluding hydrogens is 148 g/mol. The molecule has 1 fully saturated rings. The quantitative estimate of drug-likeness (QED) is 0.629. The van der Waals surface area contributed by atoms with Gasteiger partial charge in [-0.05, 0) is 38.5 Å². The normalized spacial score (nSPS) is 30.0. The summed E-state index contributed by atoms with van der Waals surface area (Å²) in [6.07, 6.45) is 6.00. The average molecular weight is 170 g/mol. The standard InChI is InChI=1S/C11H22O/c1-4-10-5-6-11(7-10)8-12-9(2)3/h9-11H,4-8H2,1-3H3. The lowest BCUT2D eigenvalue weighted by Crippen LogP contribution is -2.11. The second kappa shape index (κ2) is 4.86. The minimum absolute atomic E-state index is 0.408. The maximum Gasteiger partial charge on any atom is 0.0519 e. The third-order valence-corrected chi connectivity index (χ3v) is 2.89. The zero-order valence-electron chi connectivity index (χ0n) is 8.68. The molecule has 1 aliphatic rings. The van der Waals surface area contributed by atoms with E-state index >= 15 is 0 Å². The molecular formula is C11H22O. The number of hydrogen-bond acceptors (Lipinski definition) is 1. The molecule has 0 N–H and O–H groups in total. The van der Waals surface area contributed by atoms with Gasteiger partial charge in [0.15, 0.2) is 0 Å². The Kier molecular flexibility index (Phi) is 4.07. The van der Waals surface area contributed by atoms with Crippen LogP contribution in [0.15, 0.2) is 0 Å². The predicted octanol–water partition coefficient (Wildman–Crippen LogP) is 3.24. The molecule has 0 amide bonds. The second-order valence-corrected chi connectivity index (χ2v) is 4.34. The lowest BCUT2D eigenvalue weighted by molar-refractivity contribution is 0.0517. The molecule has 0 radical (unpaired) electrons. The second-order valence-electron chi connectivity index (χ2n) is 4.34. The molecule has 0 aromatic carbocycles. The summed E-state index contributed by atoms with van der Waals surface area (Å²) in [7, 11) is 0. The first-order valence-corrected chi connectivity index (χ1v) is 5.34. The molecule has 0 bridgehead atoms. The van der Waals surface area contributed by atoms with E-state index in [0.29, 0.717) is 6.10 Å². The minimum atomic E-state index is 0.408. The van der Waals surface area contributed by atoms with E-state index in [1.54, 1.807) is 0 Å². The van der Waals surface area contributed by atoms with Crippen LogP contribution in [0.4, 0.5) is 0 Å². The van der Waals surface area contributed by atoms with Gasteiger partial charge in [0.2, 0.25) is 0 Å². The molecule has 2 atom stereocenters. The lowest BCUT2D eigenvalue weighted by Gasteiger charge is -2.13. The maximum atomic E-state index is 5.62. The van der Waals surface area contributed by atoms with Gasteiger partial charge in [0, 0.05) is 6.61 Å². The molecule has 0 aromatic heterocycles. The highest BCUT2D eigenvalue weighted by atomic mass is 16.5. The van der Waals surface area contributed by atoms with Gasteiger partial charge in [-0.25, -0.2) is 0 Å². The van der Waals surface area contributed by atoms with Gasteiger partial charge in [0.25, 0.3) is 0 Å². The van der Waals surface area contributed by atoms with Crippen LogP contribution < -0.4 is 0 Å². The van der Waals surface area contributed by atoms with E-state index < -0.39 is 0 Å². The summed E-state index contributed by atoms with van der Waals surface area (Å²) in [5, 5.41) is 0. The molecule has 0 aromatic rings. The van der Waals surface area contributed by atoms with Crippen molar-refractivity contribution in [3.05, 3.63) is 0 Å². The van der Waals surface area contributed by atoms with Gasteiger partial charge < -0.3 is 4.74 Å². The van der Waals surface area contributed by atoms with Crippen molar-refractivity contribution in [2.75, 3.05) is 6.61 Å². The van der Waals surface area contributed by atoms with Gasteiger partial charge in [0.1, 0.15) is 0 Å². The highest BCUT2D eigenvalue weighted by molar-refractivity contribution is 4.74. The van der Waals surface area contributed by atoms with E-state index in [1.165, 1.54) is 25.7 Å². The first-order valence-electron chi connectivity index (χ1n) is 5.34. The van der Waals surface area contributed by atoms with Crippen LogP contribution in [0.1, 0.15) is 46.5 Å². The Morgan fingerprint density at radius 3 is 2.42 bits per heavy atom. The summed E-state index contributed by atoms with van der Waals surface area (Å²) in [5.74, 6) is 1.85. The number of ether oxygens (including phenoxy) is 1. The first-order chi connectivity index (χ1) is 5.72. The molecule has 0 spiro atoms. The van der Waals surface area contributed by atoms with E-state index in [0.717, 1.165) is 18.4 Å². The van der Waals surface area contributed by atoms with Crippen molar-refractivity contribution < 1.29 is 4.74 Å². The van der Waals surface area contributed by atoms with Crippen molar-refractivity contribution in [1.82, 2.24) is 0 Å². The Bertz CT molecular complexity index is 120. The van der Waals surface area contributed by atoms with Gasteiger partial charge in [-0.15, -0.1) is 0 Å². The zero-order valence-corrected chi connectivity index (χ0v) is 8.68. The Balaban J connectivity index is 2.11. The third-order valence-electron chi connectivity index (χ3n) is 2.89. The molecule has 0 saturated heterocycles. The van der Waals surface area contributed by atoms with Gasteiger partial charge >= 0.3 is 0 Å². The fourth-order valence-corrected chi connectivity index (χ4v) is 2.03. The average Bonchev–Trinajstić information content (AvgIpc) is 2.48. The van der Waals surface area contributed by atoms with Crippen LogP contribution in [0.3, 0.4) is 0 Å². The number of hydrogen-bond donors (Lipinski definition) is 0. The van der Waals surface area contributed by atoms with E-state index in [2.05, 4.69) is 20.8 Å². The highest BCUT2D eigenvalue weighted by Crippen LogP contribution is 2.32. The number of rotatable bonds is 4. The van der Waals surface area contributed by atoms with Crippen molar-refractivity contribution >= 4 is 0 Å². The van der Waals surface area contributed by atoms with Crippen LogP contribution in [0.25, 0.3) is 0 Å². The van der Waals surface area contributed by atoms with Gasteiger partial charge in [-0.2, -0.15) is 0 Å². The van der Waals surface area contributed by atoms with Crippen molar-refractivity contribution in [2.24, 2.45) is 11.8 Å². The van der Waals surface area contributed by atoms with Crippen LogP contribution in [0, 0.1) is 11.8 Å². The van der Waals surface area contributed by atoms with E-state index in [4.69, 9.17) is 4.74 Å². The highest BCUT2D eigenvalue weighted by Gasteiger charge is 2.23. The van der Waals surface area contributed by atoms with Crippen LogP contribution in [0.5, 0.6) is 0 Å². The Hall–Kier alpha value is -0.0400. The van der Waals surface area contributed by atoms with E-state index in [1.807, 2.05) is 0 Å². The third kappa shape index (κ3) is 3.14. The van der Waals surface area contributed by atoms with Crippen LogP contribution in [0.2, 0.25) is 0 Å². The van der Waals surface area contributed by atoms with Crippen LogP contribution in [-0.2, 0) is 4.74 Å². The summed E-state index contributed by atoms with van der Waals surface area (Å²) in [6, 6.07) is 0. The van der Waals surface area contributed by atoms with Gasteiger partial charge in [-0.3, -0.25) is 0 Å². The molecule has 1 nitrogen and oxygen atoms in total. The summed E-state index contributed by atoms with van der Waals surface area (Å²) in [4.78, 5) is 0. The summed E-state index contributed by atoms with van der Waals surface area (Å²) in [6.45, 7) is 7.53. The monoisotopic (exact) mass is 170 g/mol. The van der Waals surface area contributed by atoms with Crippen molar-refractivity contribution in [3.8, 4) is 0 Å². The Morgan fingerprint density at radius 2 is 1.92 bits per heavy atom. The molecule has 1 rings (SSSR count). The molecule has 72 valence electrons. The van der Waals surface area contributed by atoms with Gasteiger partial charge in [0.05, 0.1) is 6.10 Å². The predicted molar refractivity (Wildman–Crippen MR) is 52.2 cm³/mol. The first kappa shape index (κ1) is 10.0. The van der Waals surface area contributed by atoms with Crippen molar-refractivity contribution in [1.29, 1.82) is 0 Å². The van der Waals surface area contributed by atoms with Crippen molar-refractivity contribution in [3.63, 3.8) is 0 Å². The molecule has 0 aliphatic heterocycles. The maximum absolute atomic E-state index is 5.62. The molecule has 1 saturated carbocycles. The fourth-order valence-electron chi connectivity index (χ4n) is 2.03. The summed E-state index contributed by atoms with van der Waals surface area (Å²) >= 11 is 0. The van der Waals surface area contributed by atoms with Crippen LogP contribution in [-0.4, -0.2) is 12.7 Å². The smallest absolute Gasteiger partial charge is 0.0519 e. The molecule has 0 heterocycles. The molecule has 1 aliphatic carbocycles.